The summed E-state index contributed by atoms with van der Waals surface area (Å²) in [6.07, 6.45) is -4.57. The maximum atomic E-state index is 13.6. The molecular weight excluding hydrogens is 276 g/mol. The summed E-state index contributed by atoms with van der Waals surface area (Å²) in [6, 6.07) is 1.79. The van der Waals surface area contributed by atoms with Crippen LogP contribution in [0.3, 0.4) is 0 Å². The molecule has 0 bridgehead atoms. The van der Waals surface area contributed by atoms with Gasteiger partial charge in [0.15, 0.2) is 0 Å². The van der Waals surface area contributed by atoms with Crippen molar-refractivity contribution in [2.75, 3.05) is 14.1 Å². The van der Waals surface area contributed by atoms with Gasteiger partial charge in [0.2, 0.25) is 5.91 Å². The zero-order valence-electron chi connectivity index (χ0n) is 11.4. The molecule has 1 N–H and O–H groups in total. The monoisotopic (exact) mass is 292 g/mol. The van der Waals surface area contributed by atoms with E-state index in [1.54, 1.807) is 21.0 Å². The zero-order valence-corrected chi connectivity index (χ0v) is 11.4. The van der Waals surface area contributed by atoms with Gasteiger partial charge in [0.1, 0.15) is 5.82 Å². The number of nitrogens with zero attached hydrogens (tertiary/aromatic N) is 1. The lowest BCUT2D eigenvalue weighted by atomic mass is 10.1. The van der Waals surface area contributed by atoms with Gasteiger partial charge in [-0.2, -0.15) is 13.2 Å². The molecule has 1 amide bonds. The number of alkyl halides is 3. The SMILES string of the molecule is C[C@@H](NCc1ccc(C(F)(F)F)cc1F)C(=O)N(C)C. The Bertz CT molecular complexity index is 486. The highest BCUT2D eigenvalue weighted by atomic mass is 19.4. The van der Waals surface area contributed by atoms with Gasteiger partial charge in [-0.25, -0.2) is 4.39 Å². The molecule has 0 aliphatic heterocycles. The Morgan fingerprint density at radius 3 is 2.40 bits per heavy atom. The third-order valence-electron chi connectivity index (χ3n) is 2.79. The molecule has 0 unspecified atom stereocenters. The van der Waals surface area contributed by atoms with Gasteiger partial charge in [-0.05, 0) is 19.1 Å². The highest BCUT2D eigenvalue weighted by molar-refractivity contribution is 5.80. The molecule has 20 heavy (non-hydrogen) atoms. The van der Waals surface area contributed by atoms with Crippen molar-refractivity contribution in [3.8, 4) is 0 Å². The number of amides is 1. The molecule has 0 radical (unpaired) electrons. The first kappa shape index (κ1) is 16.4. The summed E-state index contributed by atoms with van der Waals surface area (Å²) >= 11 is 0. The molecule has 0 saturated heterocycles. The number of hydrogen-bond acceptors (Lipinski definition) is 2. The topological polar surface area (TPSA) is 32.3 Å². The summed E-state index contributed by atoms with van der Waals surface area (Å²) in [5.74, 6) is -1.14. The van der Waals surface area contributed by atoms with Crippen LogP contribution in [0.4, 0.5) is 17.6 Å². The molecule has 0 saturated carbocycles. The smallest absolute Gasteiger partial charge is 0.347 e. The Morgan fingerprint density at radius 2 is 1.95 bits per heavy atom. The van der Waals surface area contributed by atoms with E-state index in [1.165, 1.54) is 4.90 Å². The van der Waals surface area contributed by atoms with Crippen LogP contribution in [0, 0.1) is 5.82 Å². The number of hydrogen-bond donors (Lipinski definition) is 1. The molecule has 1 aromatic rings. The van der Waals surface area contributed by atoms with Crippen LogP contribution in [0.2, 0.25) is 0 Å². The molecule has 0 spiro atoms. The summed E-state index contributed by atoms with van der Waals surface area (Å²) in [5, 5.41) is 2.77. The largest absolute Gasteiger partial charge is 0.416 e. The fourth-order valence-electron chi connectivity index (χ4n) is 1.60. The van der Waals surface area contributed by atoms with Crippen molar-refractivity contribution in [3.05, 3.63) is 35.1 Å². The minimum atomic E-state index is -4.57. The average molecular weight is 292 g/mol. The Balaban J connectivity index is 2.73. The highest BCUT2D eigenvalue weighted by Crippen LogP contribution is 2.30. The van der Waals surface area contributed by atoms with Gasteiger partial charge < -0.3 is 10.2 Å². The van der Waals surface area contributed by atoms with E-state index in [0.29, 0.717) is 6.07 Å². The van der Waals surface area contributed by atoms with E-state index in [1.807, 2.05) is 0 Å². The van der Waals surface area contributed by atoms with Gasteiger partial charge in [-0.15, -0.1) is 0 Å². The molecular formula is C13H16F4N2O. The van der Waals surface area contributed by atoms with E-state index < -0.39 is 23.6 Å². The average Bonchev–Trinajstić information content (AvgIpc) is 2.34. The second-order valence-electron chi connectivity index (χ2n) is 4.64. The fraction of sp³-hybridized carbons (Fsp3) is 0.462. The normalized spacial score (nSPS) is 13.2. The number of benzene rings is 1. The van der Waals surface area contributed by atoms with E-state index in [2.05, 4.69) is 5.32 Å². The van der Waals surface area contributed by atoms with Gasteiger partial charge in [-0.3, -0.25) is 4.79 Å². The number of halogens is 4. The number of rotatable bonds is 4. The van der Waals surface area contributed by atoms with Crippen LogP contribution in [0.25, 0.3) is 0 Å². The molecule has 1 aromatic carbocycles. The number of carbonyl (C=O) groups excluding carboxylic acids is 1. The second-order valence-corrected chi connectivity index (χ2v) is 4.64. The fourth-order valence-corrected chi connectivity index (χ4v) is 1.60. The van der Waals surface area contributed by atoms with Crippen LogP contribution in [0.5, 0.6) is 0 Å². The first-order valence-electron chi connectivity index (χ1n) is 5.93. The van der Waals surface area contributed by atoms with Crippen molar-refractivity contribution in [2.45, 2.75) is 25.7 Å². The van der Waals surface area contributed by atoms with Crippen molar-refractivity contribution in [2.24, 2.45) is 0 Å². The summed E-state index contributed by atoms with van der Waals surface area (Å²) in [7, 11) is 3.17. The van der Waals surface area contributed by atoms with Gasteiger partial charge in [-0.1, -0.05) is 6.07 Å². The molecule has 3 nitrogen and oxygen atoms in total. The molecule has 0 aliphatic rings. The van der Waals surface area contributed by atoms with Crippen LogP contribution in [0.1, 0.15) is 18.1 Å². The highest BCUT2D eigenvalue weighted by Gasteiger charge is 2.31. The first-order chi connectivity index (χ1) is 9.12. The molecule has 0 heterocycles. The lowest BCUT2D eigenvalue weighted by Gasteiger charge is -2.18. The molecule has 7 heteroatoms. The van der Waals surface area contributed by atoms with Crippen LogP contribution in [0.15, 0.2) is 18.2 Å². The van der Waals surface area contributed by atoms with Crippen molar-refractivity contribution in [1.82, 2.24) is 10.2 Å². The predicted octanol–water partition coefficient (Wildman–Crippen LogP) is 2.41. The first-order valence-corrected chi connectivity index (χ1v) is 5.93. The van der Waals surface area contributed by atoms with Gasteiger partial charge >= 0.3 is 6.18 Å². The van der Waals surface area contributed by atoms with E-state index >= 15 is 0 Å². The van der Waals surface area contributed by atoms with E-state index in [-0.39, 0.29) is 18.0 Å². The van der Waals surface area contributed by atoms with Crippen molar-refractivity contribution in [1.29, 1.82) is 0 Å². The Labute approximate surface area is 114 Å². The number of carbonyl (C=O) groups is 1. The molecule has 1 rings (SSSR count). The quantitative estimate of drug-likeness (QED) is 0.864. The van der Waals surface area contributed by atoms with Gasteiger partial charge in [0.25, 0.3) is 0 Å². The van der Waals surface area contributed by atoms with Gasteiger partial charge in [0, 0.05) is 26.2 Å². The van der Waals surface area contributed by atoms with Crippen molar-refractivity contribution < 1.29 is 22.4 Å². The van der Waals surface area contributed by atoms with Crippen LogP contribution < -0.4 is 5.32 Å². The van der Waals surface area contributed by atoms with Crippen molar-refractivity contribution in [3.63, 3.8) is 0 Å². The molecule has 0 fully saturated rings. The lowest BCUT2D eigenvalue weighted by molar-refractivity contribution is -0.137. The van der Waals surface area contributed by atoms with Crippen molar-refractivity contribution >= 4 is 5.91 Å². The molecule has 112 valence electrons. The lowest BCUT2D eigenvalue weighted by Crippen LogP contribution is -2.41. The standard InChI is InChI=1S/C13H16F4N2O/c1-8(12(20)19(2)3)18-7-9-4-5-10(6-11(9)14)13(15,16)17/h4-6,8,18H,7H2,1-3H3/t8-/m1/s1. The predicted molar refractivity (Wildman–Crippen MR) is 66.4 cm³/mol. The molecule has 0 aromatic heterocycles. The minimum Gasteiger partial charge on any atom is -0.347 e. The van der Waals surface area contributed by atoms with E-state index in [4.69, 9.17) is 0 Å². The maximum Gasteiger partial charge on any atom is 0.416 e. The number of likely N-dealkylation sites (N-methyl/N-ethyl adjacent to an activating group) is 1. The Hall–Kier alpha value is -1.63. The van der Waals surface area contributed by atoms with Crippen LogP contribution in [-0.2, 0) is 17.5 Å². The third kappa shape index (κ3) is 4.19. The summed E-state index contributed by atoms with van der Waals surface area (Å²) < 4.78 is 50.7. The second kappa shape index (κ2) is 6.21. The molecule has 0 aliphatic carbocycles. The zero-order chi connectivity index (χ0) is 15.5. The van der Waals surface area contributed by atoms with E-state index in [9.17, 15) is 22.4 Å². The molecule has 1 atom stereocenters. The van der Waals surface area contributed by atoms with Gasteiger partial charge in [0.05, 0.1) is 11.6 Å². The Morgan fingerprint density at radius 1 is 1.35 bits per heavy atom. The van der Waals surface area contributed by atoms with E-state index in [0.717, 1.165) is 12.1 Å². The minimum absolute atomic E-state index is 0.0231. The van der Waals surface area contributed by atoms with Crippen LogP contribution in [-0.4, -0.2) is 30.9 Å². The van der Waals surface area contributed by atoms with Crippen LogP contribution >= 0.6 is 0 Å². The summed E-state index contributed by atoms with van der Waals surface area (Å²) in [4.78, 5) is 12.9. The number of nitrogens with one attached hydrogen (secondary N) is 1. The Kier molecular flexibility index (Phi) is 5.10. The third-order valence-corrected chi connectivity index (χ3v) is 2.79. The maximum absolute atomic E-state index is 13.6. The summed E-state index contributed by atoms with van der Waals surface area (Å²) in [5.41, 5.74) is -0.951. The summed E-state index contributed by atoms with van der Waals surface area (Å²) in [6.45, 7) is 1.58.